The van der Waals surface area contributed by atoms with Crippen LogP contribution in [0.3, 0.4) is 0 Å². The van der Waals surface area contributed by atoms with Gasteiger partial charge in [0.05, 0.1) is 0 Å². The van der Waals surface area contributed by atoms with E-state index in [0.29, 0.717) is 25.9 Å². The summed E-state index contributed by atoms with van der Waals surface area (Å²) in [5.41, 5.74) is 0.289. The Kier molecular flexibility index (Phi) is 6.55. The summed E-state index contributed by atoms with van der Waals surface area (Å²) in [6.07, 6.45) is -1.85. The molecule has 3 N–H and O–H groups in total. The van der Waals surface area contributed by atoms with E-state index in [1.807, 2.05) is 18.2 Å². The number of likely N-dealkylation sites (tertiary alicyclic amines) is 1. The minimum atomic E-state index is -3.15. The van der Waals surface area contributed by atoms with Crippen molar-refractivity contribution in [2.75, 3.05) is 13.1 Å². The van der Waals surface area contributed by atoms with Crippen LogP contribution in [-0.4, -0.2) is 51.8 Å². The first kappa shape index (κ1) is 22.3. The molecule has 0 bridgehead atoms. The highest BCUT2D eigenvalue weighted by molar-refractivity contribution is 5.86. The second-order valence-electron chi connectivity index (χ2n) is 8.21. The summed E-state index contributed by atoms with van der Waals surface area (Å²) in [5.74, 6) is -0.817. The molecule has 3 rings (SSSR count). The maximum absolute atomic E-state index is 13.5. The smallest absolute Gasteiger partial charge is 0.268 e. The number of carbonyl (C=O) groups is 1. The van der Waals surface area contributed by atoms with E-state index in [-0.39, 0.29) is 5.92 Å². The number of amides is 1. The highest BCUT2D eigenvalue weighted by atomic mass is 19.3. The van der Waals surface area contributed by atoms with Crippen LogP contribution in [0.2, 0.25) is 0 Å². The van der Waals surface area contributed by atoms with E-state index in [9.17, 15) is 18.7 Å². The van der Waals surface area contributed by atoms with E-state index >= 15 is 0 Å². The number of halogens is 2. The monoisotopic (exact) mass is 418 g/mol. The van der Waals surface area contributed by atoms with Crippen LogP contribution in [0.25, 0.3) is 11.1 Å². The molecule has 1 saturated heterocycles. The molecule has 2 aromatic rings. The van der Waals surface area contributed by atoms with Gasteiger partial charge < -0.3 is 5.11 Å². The number of benzene rings is 2. The lowest BCUT2D eigenvalue weighted by Crippen LogP contribution is -2.71. The van der Waals surface area contributed by atoms with Crippen molar-refractivity contribution in [3.05, 3.63) is 60.2 Å². The predicted molar refractivity (Wildman–Crippen MR) is 110 cm³/mol. The molecule has 0 radical (unpaired) electrons. The van der Waals surface area contributed by atoms with Crippen molar-refractivity contribution in [3.63, 3.8) is 0 Å². The van der Waals surface area contributed by atoms with Crippen molar-refractivity contribution in [2.24, 2.45) is 0 Å². The first-order valence-electron chi connectivity index (χ1n) is 10.1. The molecule has 5 nitrogen and oxygen atoms in total. The number of hydrogen-bond acceptors (Lipinski definition) is 4. The summed E-state index contributed by atoms with van der Waals surface area (Å²) >= 11 is 0. The normalized spacial score (nSPS) is 19.8. The van der Waals surface area contributed by atoms with Gasteiger partial charge in [0, 0.05) is 0 Å². The molecular formula is C23H28F2N2O3. The molecule has 1 amide bonds. The van der Waals surface area contributed by atoms with E-state index in [0.717, 1.165) is 23.6 Å². The van der Waals surface area contributed by atoms with Gasteiger partial charge in [-0.05, 0) is 62.4 Å². The van der Waals surface area contributed by atoms with E-state index in [4.69, 9.17) is 5.21 Å². The quantitative estimate of drug-likeness (QED) is 0.493. The molecule has 162 valence electrons. The largest absolute Gasteiger partial charge is 0.382 e. The third kappa shape index (κ3) is 3.97. The van der Waals surface area contributed by atoms with Crippen LogP contribution in [-0.2, 0) is 4.79 Å². The number of carbonyl (C=O) groups excluding carboxylic acids is 1. The average molecular weight is 418 g/mol. The van der Waals surface area contributed by atoms with Gasteiger partial charge >= 0.3 is 0 Å². The zero-order valence-electron chi connectivity index (χ0n) is 17.2. The lowest BCUT2D eigenvalue weighted by Gasteiger charge is -2.49. The molecule has 1 heterocycles. The topological polar surface area (TPSA) is 72.8 Å². The number of nitrogens with zero attached hydrogens (tertiary/aromatic N) is 1. The number of piperidine rings is 1. The highest BCUT2D eigenvalue weighted by Crippen LogP contribution is 2.39. The number of alkyl halides is 2. The molecule has 30 heavy (non-hydrogen) atoms. The first-order valence-corrected chi connectivity index (χ1v) is 10.1. The fourth-order valence-electron chi connectivity index (χ4n) is 4.25. The zero-order valence-corrected chi connectivity index (χ0v) is 17.2. The Morgan fingerprint density at radius 3 is 2.07 bits per heavy atom. The van der Waals surface area contributed by atoms with Crippen molar-refractivity contribution in [3.8, 4) is 11.1 Å². The number of rotatable bonds is 6. The van der Waals surface area contributed by atoms with Crippen LogP contribution in [0.4, 0.5) is 8.78 Å². The van der Waals surface area contributed by atoms with Gasteiger partial charge in [-0.1, -0.05) is 54.6 Å². The fraction of sp³-hybridized carbons (Fsp3) is 0.435. The first-order chi connectivity index (χ1) is 14.2. The van der Waals surface area contributed by atoms with Crippen LogP contribution < -0.4 is 5.48 Å². The summed E-state index contributed by atoms with van der Waals surface area (Å²) < 4.78 is 27.1. The minimum Gasteiger partial charge on any atom is -0.382 e. The number of nitrogens with one attached hydrogen (secondary N) is 1. The van der Waals surface area contributed by atoms with Crippen molar-refractivity contribution < 1.29 is 23.9 Å². The summed E-state index contributed by atoms with van der Waals surface area (Å²) in [6.45, 7) is 2.87. The lowest BCUT2D eigenvalue weighted by molar-refractivity contribution is -0.191. The maximum Gasteiger partial charge on any atom is 0.268 e. The Morgan fingerprint density at radius 1 is 1.03 bits per heavy atom. The zero-order chi connectivity index (χ0) is 21.9. The average Bonchev–Trinajstić information content (AvgIpc) is 2.78. The molecule has 7 heteroatoms. The maximum atomic E-state index is 13.5. The van der Waals surface area contributed by atoms with E-state index < -0.39 is 23.5 Å². The SMILES string of the molecule is CC(O)(C(F)F)C(C)(C(=O)NO)N1CCC(c2ccc(-c3ccccc3)cc2)CC1. The fourth-order valence-corrected chi connectivity index (χ4v) is 4.25. The third-order valence-electron chi connectivity index (χ3n) is 6.57. The van der Waals surface area contributed by atoms with Gasteiger partial charge in [-0.2, -0.15) is 0 Å². The molecule has 0 spiro atoms. The summed E-state index contributed by atoms with van der Waals surface area (Å²) in [7, 11) is 0. The molecule has 1 aliphatic heterocycles. The van der Waals surface area contributed by atoms with E-state index in [1.54, 1.807) is 4.90 Å². The van der Waals surface area contributed by atoms with Gasteiger partial charge in [0.15, 0.2) is 0 Å². The molecule has 0 aromatic heterocycles. The lowest BCUT2D eigenvalue weighted by atomic mass is 9.77. The summed E-state index contributed by atoms with van der Waals surface area (Å²) in [4.78, 5) is 13.9. The van der Waals surface area contributed by atoms with Crippen molar-refractivity contribution in [1.82, 2.24) is 10.4 Å². The minimum absolute atomic E-state index is 0.226. The number of hydroxylamine groups is 1. The Hall–Kier alpha value is -2.35. The van der Waals surface area contributed by atoms with Gasteiger partial charge in [0.25, 0.3) is 12.3 Å². The molecule has 0 saturated carbocycles. The molecule has 0 aliphatic carbocycles. The van der Waals surface area contributed by atoms with Gasteiger partial charge in [0.1, 0.15) is 11.1 Å². The summed E-state index contributed by atoms with van der Waals surface area (Å²) in [6, 6.07) is 18.4. The second-order valence-corrected chi connectivity index (χ2v) is 8.21. The van der Waals surface area contributed by atoms with Crippen molar-refractivity contribution in [2.45, 2.75) is 50.2 Å². The Labute approximate surface area is 175 Å². The van der Waals surface area contributed by atoms with Gasteiger partial charge in [-0.25, -0.2) is 14.3 Å². The Bertz CT molecular complexity index is 851. The molecule has 1 fully saturated rings. The molecule has 2 aromatic carbocycles. The Morgan fingerprint density at radius 2 is 1.57 bits per heavy atom. The molecule has 1 aliphatic rings. The van der Waals surface area contributed by atoms with Crippen molar-refractivity contribution in [1.29, 1.82) is 0 Å². The van der Waals surface area contributed by atoms with Gasteiger partial charge in [0.2, 0.25) is 0 Å². The molecular weight excluding hydrogens is 390 g/mol. The molecule has 2 atom stereocenters. The summed E-state index contributed by atoms with van der Waals surface area (Å²) in [5, 5.41) is 19.5. The predicted octanol–water partition coefficient (Wildman–Crippen LogP) is 3.81. The van der Waals surface area contributed by atoms with E-state index in [1.165, 1.54) is 12.4 Å². The van der Waals surface area contributed by atoms with Crippen molar-refractivity contribution >= 4 is 5.91 Å². The molecule has 2 unspecified atom stereocenters. The van der Waals surface area contributed by atoms with Crippen LogP contribution in [0.1, 0.15) is 38.2 Å². The van der Waals surface area contributed by atoms with Crippen LogP contribution in [0, 0.1) is 0 Å². The highest BCUT2D eigenvalue weighted by Gasteiger charge is 2.58. The standard InChI is InChI=1S/C23H28F2N2O3/c1-22(21(28)26-30,23(2,29)20(24)25)27-14-12-19(13-15-27)18-10-8-17(9-11-18)16-6-4-3-5-7-16/h3-11,19-20,29-30H,12-15H2,1-2H3,(H,26,28). The number of aliphatic hydroxyl groups is 1. The van der Waals surface area contributed by atoms with Crippen LogP contribution in [0.15, 0.2) is 54.6 Å². The van der Waals surface area contributed by atoms with Crippen LogP contribution >= 0.6 is 0 Å². The second kappa shape index (κ2) is 8.79. The Balaban J connectivity index is 1.74. The third-order valence-corrected chi connectivity index (χ3v) is 6.57. The van der Waals surface area contributed by atoms with Gasteiger partial charge in [-0.15, -0.1) is 0 Å². The van der Waals surface area contributed by atoms with Gasteiger partial charge in [-0.3, -0.25) is 14.9 Å². The van der Waals surface area contributed by atoms with E-state index in [2.05, 4.69) is 36.4 Å². The van der Waals surface area contributed by atoms with Crippen LogP contribution in [0.5, 0.6) is 0 Å². The number of hydrogen-bond donors (Lipinski definition) is 3.